The van der Waals surface area contributed by atoms with Gasteiger partial charge in [-0.05, 0) is 41.8 Å². The molecule has 0 aliphatic carbocycles. The van der Waals surface area contributed by atoms with E-state index in [1.54, 1.807) is 0 Å². The minimum atomic E-state index is -4.30. The third-order valence-corrected chi connectivity index (χ3v) is 2.96. The summed E-state index contributed by atoms with van der Waals surface area (Å²) < 4.78 is 37.4. The van der Waals surface area contributed by atoms with Crippen LogP contribution in [0.2, 0.25) is 0 Å². The summed E-state index contributed by atoms with van der Waals surface area (Å²) in [5, 5.41) is 0. The minimum absolute atomic E-state index is 0.102. The van der Waals surface area contributed by atoms with Gasteiger partial charge < -0.3 is 5.73 Å². The molecule has 0 aromatic heterocycles. The number of halogens is 3. The van der Waals surface area contributed by atoms with Crippen LogP contribution < -0.4 is 5.73 Å². The van der Waals surface area contributed by atoms with Gasteiger partial charge in [-0.3, -0.25) is 0 Å². The van der Waals surface area contributed by atoms with Crippen molar-refractivity contribution in [3.63, 3.8) is 0 Å². The Morgan fingerprint density at radius 3 is 2.11 bits per heavy atom. The molecule has 0 saturated heterocycles. The molecule has 0 fully saturated rings. The molecular formula is C15H14F3N. The van der Waals surface area contributed by atoms with Crippen molar-refractivity contribution in [3.8, 4) is 11.1 Å². The van der Waals surface area contributed by atoms with Gasteiger partial charge in [-0.1, -0.05) is 30.3 Å². The lowest BCUT2D eigenvalue weighted by atomic mass is 9.99. The van der Waals surface area contributed by atoms with Crippen molar-refractivity contribution in [1.29, 1.82) is 0 Å². The van der Waals surface area contributed by atoms with Crippen LogP contribution in [-0.4, -0.2) is 0 Å². The molecular weight excluding hydrogens is 251 g/mol. The Bertz CT molecular complexity index is 556. The van der Waals surface area contributed by atoms with Gasteiger partial charge in [-0.2, -0.15) is 13.2 Å². The molecule has 0 unspecified atom stereocenters. The first kappa shape index (κ1) is 13.6. The standard InChI is InChI=1S/C15H14F3N/c1-10(19)12-3-2-4-13(9-12)11-5-7-14(8-6-11)15(16,17)18/h2-10H,19H2,1H3/t10-/m1/s1. The maximum atomic E-state index is 12.5. The molecule has 4 heteroatoms. The average molecular weight is 265 g/mol. The molecule has 100 valence electrons. The molecule has 0 radical (unpaired) electrons. The monoisotopic (exact) mass is 265 g/mol. The van der Waals surface area contributed by atoms with Gasteiger partial charge in [0.05, 0.1) is 5.56 Å². The molecule has 0 aliphatic rings. The van der Waals surface area contributed by atoms with E-state index in [1.807, 2.05) is 31.2 Å². The molecule has 2 N–H and O–H groups in total. The van der Waals surface area contributed by atoms with Crippen LogP contribution in [0, 0.1) is 0 Å². The first-order valence-electron chi connectivity index (χ1n) is 5.91. The summed E-state index contributed by atoms with van der Waals surface area (Å²) in [4.78, 5) is 0. The Morgan fingerprint density at radius 1 is 0.947 bits per heavy atom. The Hall–Kier alpha value is -1.81. The fraction of sp³-hybridized carbons (Fsp3) is 0.200. The third-order valence-electron chi connectivity index (χ3n) is 2.96. The van der Waals surface area contributed by atoms with Crippen molar-refractivity contribution in [2.24, 2.45) is 5.73 Å². The third kappa shape index (κ3) is 3.15. The van der Waals surface area contributed by atoms with Gasteiger partial charge in [-0.25, -0.2) is 0 Å². The van der Waals surface area contributed by atoms with E-state index in [4.69, 9.17) is 5.73 Å². The molecule has 1 atom stereocenters. The summed E-state index contributed by atoms with van der Waals surface area (Å²) >= 11 is 0. The highest BCUT2D eigenvalue weighted by molar-refractivity contribution is 5.64. The molecule has 0 amide bonds. The highest BCUT2D eigenvalue weighted by atomic mass is 19.4. The van der Waals surface area contributed by atoms with Crippen molar-refractivity contribution in [2.45, 2.75) is 19.1 Å². The summed E-state index contributed by atoms with van der Waals surface area (Å²) in [5.41, 5.74) is 7.72. The summed E-state index contributed by atoms with van der Waals surface area (Å²) in [6, 6.07) is 12.5. The smallest absolute Gasteiger partial charge is 0.324 e. The molecule has 1 nitrogen and oxygen atoms in total. The molecule has 0 bridgehead atoms. The van der Waals surface area contributed by atoms with Crippen molar-refractivity contribution in [2.75, 3.05) is 0 Å². The number of benzene rings is 2. The Kier molecular flexibility index (Phi) is 3.62. The first-order valence-corrected chi connectivity index (χ1v) is 5.91. The number of alkyl halides is 3. The van der Waals surface area contributed by atoms with Crippen LogP contribution in [0.3, 0.4) is 0 Å². The van der Waals surface area contributed by atoms with Crippen molar-refractivity contribution in [1.82, 2.24) is 0 Å². The fourth-order valence-electron chi connectivity index (χ4n) is 1.85. The fourth-order valence-corrected chi connectivity index (χ4v) is 1.85. The van der Waals surface area contributed by atoms with Gasteiger partial charge in [0, 0.05) is 6.04 Å². The minimum Gasteiger partial charge on any atom is -0.324 e. The van der Waals surface area contributed by atoms with E-state index in [0.29, 0.717) is 0 Å². The van der Waals surface area contributed by atoms with Crippen LogP contribution in [0.4, 0.5) is 13.2 Å². The first-order chi connectivity index (χ1) is 8.88. The molecule has 0 saturated carbocycles. The predicted molar refractivity (Wildman–Crippen MR) is 69.5 cm³/mol. The summed E-state index contributed by atoms with van der Waals surface area (Å²) in [6.45, 7) is 1.87. The molecule has 2 aromatic rings. The Morgan fingerprint density at radius 2 is 1.58 bits per heavy atom. The second-order valence-corrected chi connectivity index (χ2v) is 4.49. The number of rotatable bonds is 2. The largest absolute Gasteiger partial charge is 0.416 e. The van der Waals surface area contributed by atoms with Crippen LogP contribution in [-0.2, 0) is 6.18 Å². The molecule has 0 heterocycles. The molecule has 19 heavy (non-hydrogen) atoms. The molecule has 0 aliphatic heterocycles. The van der Waals surface area contributed by atoms with Crippen molar-refractivity contribution < 1.29 is 13.2 Å². The van der Waals surface area contributed by atoms with E-state index in [9.17, 15) is 13.2 Å². The normalized spacial score (nSPS) is 13.3. The van der Waals surface area contributed by atoms with Gasteiger partial charge in [0.2, 0.25) is 0 Å². The summed E-state index contributed by atoms with van der Waals surface area (Å²) in [7, 11) is 0. The Balaban J connectivity index is 2.35. The molecule has 2 rings (SSSR count). The quantitative estimate of drug-likeness (QED) is 0.856. The lowest BCUT2D eigenvalue weighted by Crippen LogP contribution is -2.05. The average Bonchev–Trinajstić information content (AvgIpc) is 2.38. The van der Waals surface area contributed by atoms with Crippen molar-refractivity contribution in [3.05, 3.63) is 59.7 Å². The highest BCUT2D eigenvalue weighted by Gasteiger charge is 2.29. The SMILES string of the molecule is C[C@@H](N)c1cccc(-c2ccc(C(F)(F)F)cc2)c1. The molecule has 0 spiro atoms. The summed E-state index contributed by atoms with van der Waals surface area (Å²) in [6.07, 6.45) is -4.30. The van der Waals surface area contributed by atoms with Crippen molar-refractivity contribution >= 4 is 0 Å². The van der Waals surface area contributed by atoms with E-state index >= 15 is 0 Å². The van der Waals surface area contributed by atoms with E-state index in [-0.39, 0.29) is 6.04 Å². The maximum absolute atomic E-state index is 12.5. The van der Waals surface area contributed by atoms with Crippen LogP contribution in [0.15, 0.2) is 48.5 Å². The number of hydrogen-bond acceptors (Lipinski definition) is 1. The van der Waals surface area contributed by atoms with Gasteiger partial charge in [-0.15, -0.1) is 0 Å². The maximum Gasteiger partial charge on any atom is 0.416 e. The van der Waals surface area contributed by atoms with Gasteiger partial charge >= 0.3 is 6.18 Å². The zero-order chi connectivity index (χ0) is 14.0. The van der Waals surface area contributed by atoms with E-state index in [0.717, 1.165) is 28.8 Å². The van der Waals surface area contributed by atoms with E-state index in [1.165, 1.54) is 12.1 Å². The van der Waals surface area contributed by atoms with Gasteiger partial charge in [0.15, 0.2) is 0 Å². The zero-order valence-corrected chi connectivity index (χ0v) is 10.4. The number of nitrogens with two attached hydrogens (primary N) is 1. The molecule has 2 aromatic carbocycles. The van der Waals surface area contributed by atoms with Crippen LogP contribution >= 0.6 is 0 Å². The van der Waals surface area contributed by atoms with Crippen LogP contribution in [0.1, 0.15) is 24.1 Å². The van der Waals surface area contributed by atoms with Gasteiger partial charge in [0.25, 0.3) is 0 Å². The lowest BCUT2D eigenvalue weighted by molar-refractivity contribution is -0.137. The number of hydrogen-bond donors (Lipinski definition) is 1. The van der Waals surface area contributed by atoms with Crippen LogP contribution in [0.25, 0.3) is 11.1 Å². The second-order valence-electron chi connectivity index (χ2n) is 4.49. The summed E-state index contributed by atoms with van der Waals surface area (Å²) in [5.74, 6) is 0. The van der Waals surface area contributed by atoms with E-state index < -0.39 is 11.7 Å². The second kappa shape index (κ2) is 5.05. The predicted octanol–water partition coefficient (Wildman–Crippen LogP) is 4.39. The zero-order valence-electron chi connectivity index (χ0n) is 10.4. The topological polar surface area (TPSA) is 26.0 Å². The van der Waals surface area contributed by atoms with Crippen LogP contribution in [0.5, 0.6) is 0 Å². The Labute approximate surface area is 109 Å². The van der Waals surface area contributed by atoms with E-state index in [2.05, 4.69) is 0 Å². The highest BCUT2D eigenvalue weighted by Crippen LogP contribution is 2.31. The lowest BCUT2D eigenvalue weighted by Gasteiger charge is -2.10. The van der Waals surface area contributed by atoms with Gasteiger partial charge in [0.1, 0.15) is 0 Å².